The Balaban J connectivity index is 3.30. The van der Waals surface area contributed by atoms with Gasteiger partial charge in [-0.3, -0.25) is 24.0 Å². The number of ether oxygens (including phenoxy) is 3. The van der Waals surface area contributed by atoms with Crippen molar-refractivity contribution in [1.29, 1.82) is 0 Å². The molecule has 0 saturated carbocycles. The zero-order valence-electron chi connectivity index (χ0n) is 18.8. The molecule has 1 aromatic carbocycles. The minimum atomic E-state index is -0.915. The number of esters is 2. The second-order valence-corrected chi connectivity index (χ2v) is 7.34. The molecule has 10 nitrogen and oxygen atoms in total. The van der Waals surface area contributed by atoms with Crippen LogP contribution in [0.5, 0.6) is 0 Å². The molecule has 1 unspecified atom stereocenters. The third-order valence-corrected chi connectivity index (χ3v) is 4.70. The summed E-state index contributed by atoms with van der Waals surface area (Å²) < 4.78 is 14.7. The Morgan fingerprint density at radius 3 is 2.03 bits per heavy atom. The Morgan fingerprint density at radius 1 is 0.938 bits per heavy atom. The van der Waals surface area contributed by atoms with Gasteiger partial charge in [0.15, 0.2) is 6.10 Å². The van der Waals surface area contributed by atoms with Gasteiger partial charge in [-0.05, 0) is 49.1 Å². The van der Waals surface area contributed by atoms with Crippen LogP contribution >= 0.6 is 11.6 Å². The molecule has 0 saturated heterocycles. The number of benzene rings is 1. The van der Waals surface area contributed by atoms with Crippen LogP contribution in [-0.2, 0) is 28.6 Å². The predicted octanol–water partition coefficient (Wildman–Crippen LogP) is 1.80. The van der Waals surface area contributed by atoms with Gasteiger partial charge in [-0.15, -0.1) is 0 Å². The van der Waals surface area contributed by atoms with Gasteiger partial charge in [0.1, 0.15) is 13.2 Å². The topological polar surface area (TPSA) is 137 Å². The van der Waals surface area contributed by atoms with Crippen LogP contribution in [0.15, 0.2) is 0 Å². The van der Waals surface area contributed by atoms with E-state index in [1.165, 1.54) is 21.0 Å². The molecule has 0 aliphatic carbocycles. The average molecular weight is 471 g/mol. The van der Waals surface area contributed by atoms with Crippen LogP contribution in [0.2, 0.25) is 0 Å². The van der Waals surface area contributed by atoms with E-state index in [1.807, 2.05) is 0 Å². The Labute approximate surface area is 190 Å². The summed E-state index contributed by atoms with van der Waals surface area (Å²) in [6.07, 6.45) is -0.915. The van der Waals surface area contributed by atoms with Crippen molar-refractivity contribution in [3.8, 4) is 0 Å². The van der Waals surface area contributed by atoms with Crippen molar-refractivity contribution in [3.63, 3.8) is 0 Å². The van der Waals surface area contributed by atoms with Crippen LogP contribution in [-0.4, -0.2) is 62.0 Å². The first-order valence-electron chi connectivity index (χ1n) is 9.61. The summed E-state index contributed by atoms with van der Waals surface area (Å²) in [6.45, 7) is 6.54. The molecule has 1 atom stereocenters. The van der Waals surface area contributed by atoms with Crippen molar-refractivity contribution in [2.75, 3.05) is 32.2 Å². The molecular weight excluding hydrogens is 444 g/mol. The summed E-state index contributed by atoms with van der Waals surface area (Å²) in [5.41, 5.74) is 1.63. The van der Waals surface area contributed by atoms with Gasteiger partial charge in [0, 0.05) is 37.8 Å². The van der Waals surface area contributed by atoms with Crippen molar-refractivity contribution < 1.29 is 38.2 Å². The number of anilines is 1. The lowest BCUT2D eigenvalue weighted by Gasteiger charge is -2.22. The molecule has 0 fully saturated rings. The summed E-state index contributed by atoms with van der Waals surface area (Å²) >= 11 is 5.75. The Bertz CT molecular complexity index is 929. The lowest BCUT2D eigenvalue weighted by Crippen LogP contribution is -2.38. The molecule has 0 bridgehead atoms. The molecule has 2 N–H and O–H groups in total. The number of carbonyl (C=O) groups excluding carboxylic acids is 5. The van der Waals surface area contributed by atoms with Crippen molar-refractivity contribution >= 4 is 46.3 Å². The van der Waals surface area contributed by atoms with E-state index in [0.717, 1.165) is 0 Å². The van der Waals surface area contributed by atoms with Crippen molar-refractivity contribution in [2.45, 2.75) is 40.7 Å². The van der Waals surface area contributed by atoms with E-state index in [2.05, 4.69) is 10.6 Å². The molecule has 0 aliphatic rings. The molecule has 0 radical (unpaired) electrons. The van der Waals surface area contributed by atoms with E-state index >= 15 is 0 Å². The maximum atomic E-state index is 13.0. The Kier molecular flexibility index (Phi) is 10.3. The maximum absolute atomic E-state index is 13.0. The monoisotopic (exact) mass is 470 g/mol. The quantitative estimate of drug-likeness (QED) is 0.390. The lowest BCUT2D eigenvalue weighted by molar-refractivity contribution is -0.155. The maximum Gasteiger partial charge on any atom is 0.303 e. The molecule has 0 aromatic heterocycles. The number of amides is 2. The summed E-state index contributed by atoms with van der Waals surface area (Å²) in [4.78, 5) is 59.5. The first-order valence-corrected chi connectivity index (χ1v) is 9.99. The van der Waals surface area contributed by atoms with Crippen LogP contribution < -0.4 is 10.6 Å². The normalized spacial score (nSPS) is 11.3. The van der Waals surface area contributed by atoms with Crippen LogP contribution in [0, 0.1) is 20.8 Å². The van der Waals surface area contributed by atoms with E-state index < -0.39 is 35.1 Å². The number of halogens is 1. The fourth-order valence-corrected chi connectivity index (χ4v) is 3.51. The van der Waals surface area contributed by atoms with Crippen molar-refractivity contribution in [1.82, 2.24) is 5.32 Å². The number of hydrogen-bond donors (Lipinski definition) is 2. The van der Waals surface area contributed by atoms with E-state index in [0.29, 0.717) is 16.7 Å². The molecule has 0 spiro atoms. The van der Waals surface area contributed by atoms with E-state index in [1.54, 1.807) is 20.8 Å². The largest absolute Gasteiger partial charge is 0.462 e. The molecule has 0 heterocycles. The van der Waals surface area contributed by atoms with Crippen LogP contribution in [0.4, 0.5) is 5.69 Å². The minimum absolute atomic E-state index is 0.0894. The molecule has 1 aromatic rings. The van der Waals surface area contributed by atoms with E-state index in [-0.39, 0.29) is 36.6 Å². The minimum Gasteiger partial charge on any atom is -0.462 e. The summed E-state index contributed by atoms with van der Waals surface area (Å²) in [6, 6.07) is 0. The highest BCUT2D eigenvalue weighted by Crippen LogP contribution is 2.32. The van der Waals surface area contributed by atoms with Crippen molar-refractivity contribution in [3.05, 3.63) is 27.8 Å². The molecule has 2 amide bonds. The highest BCUT2D eigenvalue weighted by atomic mass is 35.5. The highest BCUT2D eigenvalue weighted by molar-refractivity contribution is 6.68. The van der Waals surface area contributed by atoms with Crippen molar-refractivity contribution in [2.24, 2.45) is 0 Å². The van der Waals surface area contributed by atoms with Gasteiger partial charge >= 0.3 is 11.9 Å². The Morgan fingerprint density at radius 2 is 1.53 bits per heavy atom. The third-order valence-electron chi connectivity index (χ3n) is 4.51. The van der Waals surface area contributed by atoms with Gasteiger partial charge in [0.2, 0.25) is 5.91 Å². The number of nitrogens with one attached hydrogen (secondary N) is 2. The molecule has 11 heteroatoms. The van der Waals surface area contributed by atoms with Crippen LogP contribution in [0.1, 0.15) is 51.3 Å². The number of carbonyl (C=O) groups is 5. The fraction of sp³-hybridized carbons (Fsp3) is 0.476. The molecular formula is C21H27ClN2O8. The zero-order chi connectivity index (χ0) is 24.6. The van der Waals surface area contributed by atoms with E-state index in [4.69, 9.17) is 25.8 Å². The molecule has 1 rings (SSSR count). The van der Waals surface area contributed by atoms with Gasteiger partial charge < -0.3 is 24.8 Å². The zero-order valence-corrected chi connectivity index (χ0v) is 19.6. The molecule has 176 valence electrons. The van der Waals surface area contributed by atoms with Gasteiger partial charge in [-0.2, -0.15) is 0 Å². The van der Waals surface area contributed by atoms with Gasteiger partial charge in [0.25, 0.3) is 11.1 Å². The average Bonchev–Trinajstić information content (AvgIpc) is 2.66. The second kappa shape index (κ2) is 12.2. The van der Waals surface area contributed by atoms with Crippen LogP contribution in [0.3, 0.4) is 0 Å². The standard InChI is InChI=1S/C21H27ClN2O8/c1-10-17(20(22)28)11(2)19(24-16(27)9-30-6)12(3)18(10)21(29)23-7-15(32-14(5)26)8-31-13(4)25/h15H,7-9H2,1-6H3,(H,23,29)(H,24,27). The smallest absolute Gasteiger partial charge is 0.303 e. The van der Waals surface area contributed by atoms with Gasteiger partial charge in [0.05, 0.1) is 6.54 Å². The summed E-state index contributed by atoms with van der Waals surface area (Å²) in [5.74, 6) is -2.25. The molecule has 32 heavy (non-hydrogen) atoms. The number of hydrogen-bond acceptors (Lipinski definition) is 8. The summed E-state index contributed by atoms with van der Waals surface area (Å²) in [5, 5.41) is 4.45. The molecule has 0 aliphatic heterocycles. The SMILES string of the molecule is COCC(=O)Nc1c(C)c(C(=O)Cl)c(C)c(C(=O)NCC(COC(C)=O)OC(C)=O)c1C. The Hall–Kier alpha value is -2.98. The van der Waals surface area contributed by atoms with Gasteiger partial charge in [-0.1, -0.05) is 0 Å². The first-order chi connectivity index (χ1) is 14.9. The van der Waals surface area contributed by atoms with E-state index in [9.17, 15) is 24.0 Å². The summed E-state index contributed by atoms with van der Waals surface area (Å²) in [7, 11) is 1.36. The lowest BCUT2D eigenvalue weighted by atomic mass is 9.91. The number of rotatable bonds is 10. The predicted molar refractivity (Wildman–Crippen MR) is 116 cm³/mol. The third kappa shape index (κ3) is 7.31. The number of methoxy groups -OCH3 is 1. The first kappa shape index (κ1) is 27.1. The second-order valence-electron chi connectivity index (χ2n) is 7.00. The van der Waals surface area contributed by atoms with Gasteiger partial charge in [-0.25, -0.2) is 0 Å². The van der Waals surface area contributed by atoms with Crippen LogP contribution in [0.25, 0.3) is 0 Å². The fourth-order valence-electron chi connectivity index (χ4n) is 3.22. The highest BCUT2D eigenvalue weighted by Gasteiger charge is 2.26.